The summed E-state index contributed by atoms with van der Waals surface area (Å²) in [7, 11) is -3.29. The molecule has 1 atom stereocenters. The van der Waals surface area contributed by atoms with Gasteiger partial charge in [0.15, 0.2) is 0 Å². The molecule has 0 spiro atoms. The minimum atomic E-state index is -3.29. The Bertz CT molecular complexity index is 630. The van der Waals surface area contributed by atoms with Crippen LogP contribution in [0.3, 0.4) is 0 Å². The fourth-order valence-electron chi connectivity index (χ4n) is 2.02. The van der Waals surface area contributed by atoms with E-state index in [-0.39, 0.29) is 17.2 Å². The van der Waals surface area contributed by atoms with Gasteiger partial charge in [-0.05, 0) is 24.1 Å². The molecule has 0 saturated carbocycles. The monoisotopic (exact) mass is 305 g/mol. The maximum Gasteiger partial charge on any atom is 0.224 e. The van der Waals surface area contributed by atoms with E-state index in [2.05, 4.69) is 5.32 Å². The summed E-state index contributed by atoms with van der Waals surface area (Å²) in [5, 5.41) is 1.64. The molecular weight excluding hydrogens is 293 g/mol. The number of carbonyl (C=O) groups is 1. The van der Waals surface area contributed by atoms with Crippen LogP contribution in [0, 0.1) is 5.82 Å². The van der Waals surface area contributed by atoms with Crippen molar-refractivity contribution in [2.45, 2.75) is 18.2 Å². The summed E-state index contributed by atoms with van der Waals surface area (Å²) >= 11 is 5.96. The quantitative estimate of drug-likeness (QED) is 0.869. The van der Waals surface area contributed by atoms with Crippen LogP contribution in [-0.2, 0) is 21.1 Å². The summed E-state index contributed by atoms with van der Waals surface area (Å²) in [5.74, 6) is -1.08. The van der Waals surface area contributed by atoms with Crippen LogP contribution in [0.4, 0.5) is 10.1 Å². The molecule has 0 aliphatic carbocycles. The minimum Gasteiger partial charge on any atom is -0.326 e. The summed E-state index contributed by atoms with van der Waals surface area (Å²) in [6.07, 6.45) is 1.88. The summed E-state index contributed by atoms with van der Waals surface area (Å²) in [6, 6.07) is 2.73. The number of benzene rings is 1. The normalized spacial score (nSPS) is 16.7. The third-order valence-electron chi connectivity index (χ3n) is 2.90. The molecule has 4 nitrogen and oxygen atoms in total. The predicted octanol–water partition coefficient (Wildman–Crippen LogP) is 2.03. The number of nitrogens with one attached hydrogen (secondary N) is 1. The zero-order valence-corrected chi connectivity index (χ0v) is 11.8. The molecule has 1 unspecified atom stereocenters. The number of fused-ring (bicyclic) bond motifs is 1. The third-order valence-corrected chi connectivity index (χ3v) is 4.42. The fraction of sp³-hybridized carbons (Fsp3) is 0.417. The Morgan fingerprint density at radius 1 is 1.42 bits per heavy atom. The molecule has 1 aliphatic rings. The van der Waals surface area contributed by atoms with Crippen molar-refractivity contribution in [2.24, 2.45) is 0 Å². The SMILES string of the molecule is CS(=O)(=O)CC(Cl)c1cc2c(cc1F)NC(=O)CC2. The van der Waals surface area contributed by atoms with Crippen molar-refractivity contribution in [3.63, 3.8) is 0 Å². The van der Waals surface area contributed by atoms with Crippen molar-refractivity contribution >= 4 is 33.0 Å². The highest BCUT2D eigenvalue weighted by Gasteiger charge is 2.23. The van der Waals surface area contributed by atoms with Gasteiger partial charge in [-0.25, -0.2) is 12.8 Å². The highest BCUT2D eigenvalue weighted by Crippen LogP contribution is 2.31. The molecule has 1 aromatic carbocycles. The third kappa shape index (κ3) is 3.45. The molecule has 1 N–H and O–H groups in total. The van der Waals surface area contributed by atoms with Crippen LogP contribution >= 0.6 is 11.6 Å². The van der Waals surface area contributed by atoms with Crippen molar-refractivity contribution in [1.29, 1.82) is 0 Å². The summed E-state index contributed by atoms with van der Waals surface area (Å²) < 4.78 is 36.3. The topological polar surface area (TPSA) is 63.2 Å². The van der Waals surface area contributed by atoms with Crippen molar-refractivity contribution in [1.82, 2.24) is 0 Å². The van der Waals surface area contributed by atoms with Gasteiger partial charge in [0.2, 0.25) is 5.91 Å². The Hall–Kier alpha value is -1.14. The molecule has 1 aliphatic heterocycles. The Morgan fingerprint density at radius 3 is 2.74 bits per heavy atom. The highest BCUT2D eigenvalue weighted by molar-refractivity contribution is 7.90. The number of sulfone groups is 1. The number of hydrogen-bond acceptors (Lipinski definition) is 3. The number of amides is 1. The van der Waals surface area contributed by atoms with Crippen molar-refractivity contribution in [2.75, 3.05) is 17.3 Å². The zero-order chi connectivity index (χ0) is 14.2. The van der Waals surface area contributed by atoms with E-state index in [0.29, 0.717) is 18.5 Å². The second-order valence-electron chi connectivity index (χ2n) is 4.64. The average Bonchev–Trinajstić information content (AvgIpc) is 2.25. The summed E-state index contributed by atoms with van der Waals surface area (Å²) in [5.41, 5.74) is 1.36. The number of alkyl halides is 1. The van der Waals surface area contributed by atoms with E-state index in [1.165, 1.54) is 12.1 Å². The molecule has 0 radical (unpaired) electrons. The second-order valence-corrected chi connectivity index (χ2v) is 7.35. The first kappa shape index (κ1) is 14.3. The minimum absolute atomic E-state index is 0.154. The van der Waals surface area contributed by atoms with E-state index in [4.69, 9.17) is 11.6 Å². The first-order valence-electron chi connectivity index (χ1n) is 5.70. The van der Waals surface area contributed by atoms with Gasteiger partial charge in [0.05, 0.1) is 11.1 Å². The smallest absolute Gasteiger partial charge is 0.224 e. The number of hydrogen-bond donors (Lipinski definition) is 1. The maximum absolute atomic E-state index is 13.9. The van der Waals surface area contributed by atoms with E-state index in [9.17, 15) is 17.6 Å². The summed E-state index contributed by atoms with van der Waals surface area (Å²) in [6.45, 7) is 0. The van der Waals surface area contributed by atoms with Crippen molar-refractivity contribution in [3.8, 4) is 0 Å². The molecule has 1 amide bonds. The number of rotatable bonds is 3. The molecule has 19 heavy (non-hydrogen) atoms. The van der Waals surface area contributed by atoms with Crippen LogP contribution in [0.5, 0.6) is 0 Å². The lowest BCUT2D eigenvalue weighted by Crippen LogP contribution is -2.20. The van der Waals surface area contributed by atoms with E-state index >= 15 is 0 Å². The van der Waals surface area contributed by atoms with Gasteiger partial charge in [-0.15, -0.1) is 11.6 Å². The van der Waals surface area contributed by atoms with E-state index in [1.54, 1.807) is 0 Å². The first-order valence-corrected chi connectivity index (χ1v) is 8.20. The molecule has 0 saturated heterocycles. The van der Waals surface area contributed by atoms with Gasteiger partial charge >= 0.3 is 0 Å². The second kappa shape index (κ2) is 5.09. The highest BCUT2D eigenvalue weighted by atomic mass is 35.5. The van der Waals surface area contributed by atoms with E-state index in [1.807, 2.05) is 0 Å². The van der Waals surface area contributed by atoms with Crippen LogP contribution in [0.2, 0.25) is 0 Å². The molecule has 1 aromatic rings. The first-order chi connectivity index (χ1) is 8.76. The molecule has 0 bridgehead atoms. The lowest BCUT2D eigenvalue weighted by atomic mass is 9.99. The fourth-order valence-corrected chi connectivity index (χ4v) is 3.58. The molecule has 0 fully saturated rings. The maximum atomic E-state index is 13.9. The van der Waals surface area contributed by atoms with Crippen molar-refractivity contribution < 1.29 is 17.6 Å². The van der Waals surface area contributed by atoms with Crippen LogP contribution < -0.4 is 5.32 Å². The van der Waals surface area contributed by atoms with Gasteiger partial charge < -0.3 is 5.32 Å². The Labute approximate surface area is 115 Å². The van der Waals surface area contributed by atoms with E-state index in [0.717, 1.165) is 11.8 Å². The molecule has 104 valence electrons. The number of anilines is 1. The van der Waals surface area contributed by atoms with Gasteiger partial charge in [-0.1, -0.05) is 0 Å². The van der Waals surface area contributed by atoms with Gasteiger partial charge in [-0.3, -0.25) is 4.79 Å². The van der Waals surface area contributed by atoms with Gasteiger partial charge in [-0.2, -0.15) is 0 Å². The largest absolute Gasteiger partial charge is 0.326 e. The number of carbonyl (C=O) groups excluding carboxylic acids is 1. The number of aryl methyl sites for hydroxylation is 1. The Kier molecular flexibility index (Phi) is 3.82. The Balaban J connectivity index is 2.35. The zero-order valence-electron chi connectivity index (χ0n) is 10.2. The predicted molar refractivity (Wildman–Crippen MR) is 71.7 cm³/mol. The van der Waals surface area contributed by atoms with Crippen LogP contribution in [0.15, 0.2) is 12.1 Å². The van der Waals surface area contributed by atoms with Crippen LogP contribution in [-0.4, -0.2) is 26.3 Å². The van der Waals surface area contributed by atoms with Crippen LogP contribution in [0.1, 0.15) is 22.9 Å². The molecule has 1 heterocycles. The lowest BCUT2D eigenvalue weighted by molar-refractivity contribution is -0.116. The van der Waals surface area contributed by atoms with Gasteiger partial charge in [0.25, 0.3) is 0 Å². The van der Waals surface area contributed by atoms with Crippen molar-refractivity contribution in [3.05, 3.63) is 29.1 Å². The Morgan fingerprint density at radius 2 is 2.11 bits per heavy atom. The molecule has 7 heteroatoms. The standard InChI is InChI=1S/C12H13ClFNO3S/c1-19(17,18)6-9(13)8-4-7-2-3-12(16)15-11(7)5-10(8)14/h4-5,9H,2-3,6H2,1H3,(H,15,16). The molecule has 0 aromatic heterocycles. The lowest BCUT2D eigenvalue weighted by Gasteiger charge is -2.19. The van der Waals surface area contributed by atoms with Gasteiger partial charge in [0.1, 0.15) is 15.7 Å². The summed E-state index contributed by atoms with van der Waals surface area (Å²) in [4.78, 5) is 11.2. The molecule has 2 rings (SSSR count). The van der Waals surface area contributed by atoms with Crippen LogP contribution in [0.25, 0.3) is 0 Å². The van der Waals surface area contributed by atoms with Gasteiger partial charge in [0, 0.05) is 23.9 Å². The van der Waals surface area contributed by atoms with E-state index < -0.39 is 21.0 Å². The average molecular weight is 306 g/mol. The number of halogens is 2. The molecular formula is C12H13ClFNO3S.